The van der Waals surface area contributed by atoms with Gasteiger partial charge >= 0.3 is 5.97 Å². The maximum absolute atomic E-state index is 12.4. The zero-order valence-corrected chi connectivity index (χ0v) is 15.5. The standard InChI is InChI=1S/C19H26N2O5/c1-13-6-7-14(9-16(13)26-3)10-17(22)20(2)12-18(23)21-8-4-5-15(11-21)19(24)25/h6-7,9,15H,4-5,8,10-12H2,1-3H3,(H,24,25). The van der Waals surface area contributed by atoms with Gasteiger partial charge in [0.25, 0.3) is 0 Å². The second kappa shape index (κ2) is 8.69. The zero-order chi connectivity index (χ0) is 19.3. The number of nitrogens with zero attached hydrogens (tertiary/aromatic N) is 2. The van der Waals surface area contributed by atoms with Crippen LogP contribution in [-0.4, -0.2) is 66.5 Å². The van der Waals surface area contributed by atoms with Gasteiger partial charge in [0.1, 0.15) is 5.75 Å². The van der Waals surface area contributed by atoms with Gasteiger partial charge in [-0.2, -0.15) is 0 Å². The molecule has 0 aliphatic carbocycles. The number of rotatable bonds is 6. The molecule has 1 aromatic carbocycles. The number of carbonyl (C=O) groups is 3. The molecule has 1 saturated heterocycles. The Morgan fingerprint density at radius 1 is 1.35 bits per heavy atom. The summed E-state index contributed by atoms with van der Waals surface area (Å²) >= 11 is 0. The molecule has 0 radical (unpaired) electrons. The fourth-order valence-corrected chi connectivity index (χ4v) is 3.08. The lowest BCUT2D eigenvalue weighted by molar-refractivity contribution is -0.147. The molecule has 1 N–H and O–H groups in total. The summed E-state index contributed by atoms with van der Waals surface area (Å²) in [5.41, 5.74) is 1.81. The van der Waals surface area contributed by atoms with Crippen LogP contribution in [0.2, 0.25) is 0 Å². The topological polar surface area (TPSA) is 87.2 Å². The van der Waals surface area contributed by atoms with Crippen molar-refractivity contribution in [2.24, 2.45) is 5.92 Å². The molecule has 0 bridgehead atoms. The summed E-state index contributed by atoms with van der Waals surface area (Å²) in [5, 5.41) is 9.12. The number of carboxylic acids is 1. The largest absolute Gasteiger partial charge is 0.496 e. The van der Waals surface area contributed by atoms with E-state index in [-0.39, 0.29) is 31.3 Å². The minimum absolute atomic E-state index is 0.0475. The molecule has 7 heteroatoms. The molecule has 142 valence electrons. The Balaban J connectivity index is 1.92. The van der Waals surface area contributed by atoms with Crippen LogP contribution in [0.15, 0.2) is 18.2 Å². The van der Waals surface area contributed by atoms with E-state index in [0.29, 0.717) is 19.4 Å². The molecule has 0 aromatic heterocycles. The van der Waals surface area contributed by atoms with Gasteiger partial charge in [0, 0.05) is 20.1 Å². The van der Waals surface area contributed by atoms with Crippen LogP contribution in [0.5, 0.6) is 5.75 Å². The molecular formula is C19H26N2O5. The molecule has 0 spiro atoms. The van der Waals surface area contributed by atoms with Crippen molar-refractivity contribution < 1.29 is 24.2 Å². The second-order valence-electron chi connectivity index (χ2n) is 6.75. The molecule has 1 fully saturated rings. The van der Waals surface area contributed by atoms with E-state index in [1.54, 1.807) is 19.1 Å². The van der Waals surface area contributed by atoms with Crippen LogP contribution in [0.3, 0.4) is 0 Å². The average molecular weight is 362 g/mol. The van der Waals surface area contributed by atoms with Crippen molar-refractivity contribution in [1.29, 1.82) is 0 Å². The predicted molar refractivity (Wildman–Crippen MR) is 96.0 cm³/mol. The summed E-state index contributed by atoms with van der Waals surface area (Å²) < 4.78 is 5.27. The smallest absolute Gasteiger partial charge is 0.308 e. The Hall–Kier alpha value is -2.57. The van der Waals surface area contributed by atoms with Crippen molar-refractivity contribution in [3.05, 3.63) is 29.3 Å². The Labute approximate surface area is 153 Å². The van der Waals surface area contributed by atoms with Crippen LogP contribution in [0, 0.1) is 12.8 Å². The highest BCUT2D eigenvalue weighted by Crippen LogP contribution is 2.20. The molecule has 1 unspecified atom stereocenters. The van der Waals surface area contributed by atoms with Crippen LogP contribution in [-0.2, 0) is 20.8 Å². The number of hydrogen-bond acceptors (Lipinski definition) is 4. The molecule has 1 aromatic rings. The predicted octanol–water partition coefficient (Wildman–Crippen LogP) is 1.33. The van der Waals surface area contributed by atoms with Gasteiger partial charge in [0.2, 0.25) is 11.8 Å². The van der Waals surface area contributed by atoms with Gasteiger partial charge in [0.15, 0.2) is 0 Å². The minimum atomic E-state index is -0.875. The van der Waals surface area contributed by atoms with Crippen molar-refractivity contribution in [1.82, 2.24) is 9.80 Å². The van der Waals surface area contributed by atoms with E-state index in [1.807, 2.05) is 25.1 Å². The first kappa shape index (κ1) is 19.8. The number of likely N-dealkylation sites (tertiary alicyclic amines) is 1. The maximum atomic E-state index is 12.4. The van der Waals surface area contributed by atoms with Crippen LogP contribution < -0.4 is 4.74 Å². The average Bonchev–Trinajstić information content (AvgIpc) is 2.63. The fraction of sp³-hybridized carbons (Fsp3) is 0.526. The Bertz CT molecular complexity index is 689. The number of carboxylic acid groups (broad SMARTS) is 1. The summed E-state index contributed by atoms with van der Waals surface area (Å²) in [6, 6.07) is 5.59. The minimum Gasteiger partial charge on any atom is -0.496 e. The zero-order valence-electron chi connectivity index (χ0n) is 15.5. The van der Waals surface area contributed by atoms with E-state index in [0.717, 1.165) is 16.9 Å². The number of likely N-dealkylation sites (N-methyl/N-ethyl adjacent to an activating group) is 1. The van der Waals surface area contributed by atoms with E-state index in [9.17, 15) is 14.4 Å². The monoisotopic (exact) mass is 362 g/mol. The highest BCUT2D eigenvalue weighted by Gasteiger charge is 2.28. The maximum Gasteiger partial charge on any atom is 0.308 e. The quantitative estimate of drug-likeness (QED) is 0.825. The summed E-state index contributed by atoms with van der Waals surface area (Å²) in [6.45, 7) is 2.64. The lowest BCUT2D eigenvalue weighted by atomic mass is 9.98. The first-order valence-electron chi connectivity index (χ1n) is 8.70. The molecule has 1 heterocycles. The summed E-state index contributed by atoms with van der Waals surface area (Å²) in [6.07, 6.45) is 1.44. The SMILES string of the molecule is COc1cc(CC(=O)N(C)CC(=O)N2CCCC(C(=O)O)C2)ccc1C. The van der Waals surface area contributed by atoms with Crippen molar-refractivity contribution in [2.45, 2.75) is 26.2 Å². The third-order valence-electron chi connectivity index (χ3n) is 4.75. The van der Waals surface area contributed by atoms with Crippen LogP contribution in [0.4, 0.5) is 0 Å². The molecule has 1 atom stereocenters. The van der Waals surface area contributed by atoms with Crippen molar-refractivity contribution in [3.63, 3.8) is 0 Å². The number of benzene rings is 1. The molecule has 2 rings (SSSR count). The third kappa shape index (κ3) is 4.97. The lowest BCUT2D eigenvalue weighted by Gasteiger charge is -2.32. The molecule has 2 amide bonds. The van der Waals surface area contributed by atoms with E-state index in [1.165, 1.54) is 4.90 Å². The van der Waals surface area contributed by atoms with Gasteiger partial charge in [-0.05, 0) is 37.0 Å². The lowest BCUT2D eigenvalue weighted by Crippen LogP contribution is -2.47. The molecule has 26 heavy (non-hydrogen) atoms. The second-order valence-corrected chi connectivity index (χ2v) is 6.75. The molecule has 1 aliphatic rings. The van der Waals surface area contributed by atoms with Crippen molar-refractivity contribution in [2.75, 3.05) is 33.8 Å². The van der Waals surface area contributed by atoms with Gasteiger partial charge in [-0.1, -0.05) is 12.1 Å². The van der Waals surface area contributed by atoms with E-state index in [2.05, 4.69) is 0 Å². The normalized spacial score (nSPS) is 16.9. The number of ether oxygens (including phenoxy) is 1. The third-order valence-corrected chi connectivity index (χ3v) is 4.75. The number of amides is 2. The van der Waals surface area contributed by atoms with Gasteiger partial charge in [-0.15, -0.1) is 0 Å². The Morgan fingerprint density at radius 3 is 2.73 bits per heavy atom. The summed E-state index contributed by atoms with van der Waals surface area (Å²) in [4.78, 5) is 38.9. The van der Waals surface area contributed by atoms with E-state index in [4.69, 9.17) is 9.84 Å². The number of carbonyl (C=O) groups excluding carboxylic acids is 2. The van der Waals surface area contributed by atoms with Crippen LogP contribution in [0.1, 0.15) is 24.0 Å². The molecule has 7 nitrogen and oxygen atoms in total. The Morgan fingerprint density at radius 2 is 2.08 bits per heavy atom. The van der Waals surface area contributed by atoms with Crippen LogP contribution >= 0.6 is 0 Å². The highest BCUT2D eigenvalue weighted by atomic mass is 16.5. The summed E-state index contributed by atoms with van der Waals surface area (Å²) in [5.74, 6) is -1.06. The Kier molecular flexibility index (Phi) is 6.60. The van der Waals surface area contributed by atoms with Crippen molar-refractivity contribution in [3.8, 4) is 5.75 Å². The molecular weight excluding hydrogens is 336 g/mol. The first-order chi connectivity index (χ1) is 12.3. The molecule has 0 saturated carbocycles. The number of aliphatic carboxylic acids is 1. The van der Waals surface area contributed by atoms with E-state index >= 15 is 0 Å². The van der Waals surface area contributed by atoms with Gasteiger partial charge < -0.3 is 19.6 Å². The van der Waals surface area contributed by atoms with Crippen molar-refractivity contribution >= 4 is 17.8 Å². The van der Waals surface area contributed by atoms with Gasteiger partial charge in [0.05, 0.1) is 26.0 Å². The number of piperidine rings is 1. The summed E-state index contributed by atoms with van der Waals surface area (Å²) in [7, 11) is 3.17. The number of hydrogen-bond donors (Lipinski definition) is 1. The van der Waals surface area contributed by atoms with Gasteiger partial charge in [-0.3, -0.25) is 14.4 Å². The number of aryl methyl sites for hydroxylation is 1. The fourth-order valence-electron chi connectivity index (χ4n) is 3.08. The number of methoxy groups -OCH3 is 1. The highest BCUT2D eigenvalue weighted by molar-refractivity contribution is 5.86. The van der Waals surface area contributed by atoms with Crippen LogP contribution in [0.25, 0.3) is 0 Å². The van der Waals surface area contributed by atoms with E-state index < -0.39 is 11.9 Å². The van der Waals surface area contributed by atoms with Gasteiger partial charge in [-0.25, -0.2) is 0 Å². The first-order valence-corrected chi connectivity index (χ1v) is 8.70. The molecule has 1 aliphatic heterocycles.